The molecule has 112 valence electrons. The summed E-state index contributed by atoms with van der Waals surface area (Å²) < 4.78 is 10.1. The number of esters is 1. The quantitative estimate of drug-likeness (QED) is 0.688. The smallest absolute Gasteiger partial charge is 0.325 e. The van der Waals surface area contributed by atoms with Crippen LogP contribution < -0.4 is 5.73 Å². The molecule has 2 N–H and O–H groups in total. The Morgan fingerprint density at radius 1 is 1.33 bits per heavy atom. The Morgan fingerprint density at radius 3 is 2.67 bits per heavy atom. The fourth-order valence-corrected chi connectivity index (χ4v) is 2.00. The number of hydrogen-bond acceptors (Lipinski definition) is 5. The number of nitrogens with zero attached hydrogens (tertiary/aromatic N) is 1. The van der Waals surface area contributed by atoms with E-state index in [1.54, 1.807) is 24.3 Å². The maximum absolute atomic E-state index is 12.5. The first-order chi connectivity index (χ1) is 9.92. The van der Waals surface area contributed by atoms with E-state index < -0.39 is 5.97 Å². The SMILES string of the molecule is COC(=O)CN(C(=O)c1cc2cc(N)ccc2o1)C(C)C. The Kier molecular flexibility index (Phi) is 4.16. The van der Waals surface area contributed by atoms with Gasteiger partial charge in [0.15, 0.2) is 5.76 Å². The number of benzene rings is 1. The monoisotopic (exact) mass is 290 g/mol. The Balaban J connectivity index is 2.31. The van der Waals surface area contributed by atoms with Crippen LogP contribution in [0.1, 0.15) is 24.4 Å². The number of methoxy groups -OCH3 is 1. The number of furan rings is 1. The van der Waals surface area contributed by atoms with Crippen molar-refractivity contribution >= 4 is 28.5 Å². The number of nitrogen functional groups attached to an aromatic ring is 1. The number of ether oxygens (including phenoxy) is 1. The summed E-state index contributed by atoms with van der Waals surface area (Å²) in [6.07, 6.45) is 0. The number of nitrogens with two attached hydrogens (primary N) is 1. The van der Waals surface area contributed by atoms with Gasteiger partial charge in [-0.05, 0) is 38.1 Å². The third-order valence-corrected chi connectivity index (χ3v) is 3.16. The van der Waals surface area contributed by atoms with E-state index >= 15 is 0 Å². The lowest BCUT2D eigenvalue weighted by molar-refractivity contribution is -0.141. The first-order valence-electron chi connectivity index (χ1n) is 6.59. The van der Waals surface area contributed by atoms with Crippen LogP contribution >= 0.6 is 0 Å². The van der Waals surface area contributed by atoms with Crippen molar-refractivity contribution in [3.8, 4) is 0 Å². The molecule has 2 rings (SSSR count). The molecule has 1 aromatic carbocycles. The van der Waals surface area contributed by atoms with Crippen LogP contribution in [0.4, 0.5) is 5.69 Å². The number of carbonyl (C=O) groups excluding carboxylic acids is 2. The summed E-state index contributed by atoms with van der Waals surface area (Å²) in [6.45, 7) is 3.52. The first kappa shape index (κ1) is 14.9. The van der Waals surface area contributed by atoms with Gasteiger partial charge in [-0.2, -0.15) is 0 Å². The molecule has 1 heterocycles. The number of fused-ring (bicyclic) bond motifs is 1. The molecule has 0 atom stereocenters. The van der Waals surface area contributed by atoms with E-state index in [9.17, 15) is 9.59 Å². The summed E-state index contributed by atoms with van der Waals surface area (Å²) in [7, 11) is 1.29. The van der Waals surface area contributed by atoms with Crippen LogP contribution in [0.3, 0.4) is 0 Å². The van der Waals surface area contributed by atoms with E-state index in [4.69, 9.17) is 10.2 Å². The van der Waals surface area contributed by atoms with E-state index in [2.05, 4.69) is 4.74 Å². The topological polar surface area (TPSA) is 85.8 Å². The summed E-state index contributed by atoms with van der Waals surface area (Å²) in [4.78, 5) is 25.3. The van der Waals surface area contributed by atoms with Crippen molar-refractivity contribution in [3.05, 3.63) is 30.0 Å². The minimum atomic E-state index is -0.475. The molecule has 0 radical (unpaired) electrons. The summed E-state index contributed by atoms with van der Waals surface area (Å²) >= 11 is 0. The maximum Gasteiger partial charge on any atom is 0.325 e. The van der Waals surface area contributed by atoms with Crippen LogP contribution in [0.2, 0.25) is 0 Å². The van der Waals surface area contributed by atoms with Crippen LogP contribution in [0.5, 0.6) is 0 Å². The predicted molar refractivity (Wildman–Crippen MR) is 78.8 cm³/mol. The predicted octanol–water partition coefficient (Wildman–Crippen LogP) is 2.04. The minimum absolute atomic E-state index is 0.119. The van der Waals surface area contributed by atoms with Crippen LogP contribution in [-0.2, 0) is 9.53 Å². The summed E-state index contributed by atoms with van der Waals surface area (Å²) in [5.74, 6) is -0.657. The second-order valence-corrected chi connectivity index (χ2v) is 5.01. The van der Waals surface area contributed by atoms with Crippen molar-refractivity contribution in [2.45, 2.75) is 19.9 Å². The molecule has 0 spiro atoms. The highest BCUT2D eigenvalue weighted by molar-refractivity contribution is 5.98. The van der Waals surface area contributed by atoms with E-state index in [0.717, 1.165) is 5.39 Å². The van der Waals surface area contributed by atoms with Gasteiger partial charge in [-0.15, -0.1) is 0 Å². The lowest BCUT2D eigenvalue weighted by Crippen LogP contribution is -2.40. The first-order valence-corrected chi connectivity index (χ1v) is 6.59. The van der Waals surface area contributed by atoms with Crippen LogP contribution in [-0.4, -0.2) is 36.5 Å². The molecule has 1 aromatic heterocycles. The van der Waals surface area contributed by atoms with Crippen molar-refractivity contribution in [2.75, 3.05) is 19.4 Å². The minimum Gasteiger partial charge on any atom is -0.468 e. The van der Waals surface area contributed by atoms with Gasteiger partial charge in [0.2, 0.25) is 0 Å². The van der Waals surface area contributed by atoms with Crippen molar-refractivity contribution in [1.82, 2.24) is 4.90 Å². The van der Waals surface area contributed by atoms with Crippen molar-refractivity contribution in [1.29, 1.82) is 0 Å². The number of carbonyl (C=O) groups is 2. The van der Waals surface area contributed by atoms with Gasteiger partial charge in [0.1, 0.15) is 12.1 Å². The maximum atomic E-state index is 12.5. The molecule has 2 aromatic rings. The highest BCUT2D eigenvalue weighted by Gasteiger charge is 2.24. The second kappa shape index (κ2) is 5.87. The molecular formula is C15H18N2O4. The van der Waals surface area contributed by atoms with Gasteiger partial charge in [-0.1, -0.05) is 0 Å². The standard InChI is InChI=1S/C15H18N2O4/c1-9(2)17(8-14(18)20-3)15(19)13-7-10-6-11(16)4-5-12(10)21-13/h4-7,9H,8,16H2,1-3H3. The van der Waals surface area contributed by atoms with Gasteiger partial charge in [-0.3, -0.25) is 9.59 Å². The summed E-state index contributed by atoms with van der Waals surface area (Å²) in [5.41, 5.74) is 6.88. The number of hydrogen-bond donors (Lipinski definition) is 1. The molecule has 0 saturated carbocycles. The van der Waals surface area contributed by atoms with Gasteiger partial charge in [0.25, 0.3) is 5.91 Å². The molecule has 0 aliphatic carbocycles. The molecule has 0 unspecified atom stereocenters. The summed E-state index contributed by atoms with van der Waals surface area (Å²) in [6, 6.07) is 6.61. The second-order valence-electron chi connectivity index (χ2n) is 5.01. The molecule has 0 aliphatic heterocycles. The number of anilines is 1. The molecule has 6 nitrogen and oxygen atoms in total. The van der Waals surface area contributed by atoms with Gasteiger partial charge in [0, 0.05) is 17.1 Å². The molecule has 0 fully saturated rings. The van der Waals surface area contributed by atoms with E-state index in [1.165, 1.54) is 12.0 Å². The average molecular weight is 290 g/mol. The third-order valence-electron chi connectivity index (χ3n) is 3.16. The lowest BCUT2D eigenvalue weighted by Gasteiger charge is -2.24. The van der Waals surface area contributed by atoms with Crippen LogP contribution in [0, 0.1) is 0 Å². The van der Waals surface area contributed by atoms with Gasteiger partial charge < -0.3 is 19.8 Å². The Morgan fingerprint density at radius 2 is 2.05 bits per heavy atom. The number of rotatable bonds is 4. The van der Waals surface area contributed by atoms with Gasteiger partial charge in [0.05, 0.1) is 7.11 Å². The molecule has 0 bridgehead atoms. The Hall–Kier alpha value is -2.50. The Labute approximate surface area is 122 Å². The zero-order valence-electron chi connectivity index (χ0n) is 12.3. The normalized spacial score (nSPS) is 10.9. The third kappa shape index (κ3) is 3.16. The van der Waals surface area contributed by atoms with Crippen LogP contribution in [0.15, 0.2) is 28.7 Å². The average Bonchev–Trinajstić information content (AvgIpc) is 2.86. The fourth-order valence-electron chi connectivity index (χ4n) is 2.00. The van der Waals surface area contributed by atoms with E-state index in [-0.39, 0.29) is 24.3 Å². The van der Waals surface area contributed by atoms with Crippen molar-refractivity contribution < 1.29 is 18.7 Å². The van der Waals surface area contributed by atoms with Crippen molar-refractivity contribution in [3.63, 3.8) is 0 Å². The highest BCUT2D eigenvalue weighted by Crippen LogP contribution is 2.23. The van der Waals surface area contributed by atoms with Gasteiger partial charge >= 0.3 is 5.97 Å². The molecule has 21 heavy (non-hydrogen) atoms. The fraction of sp³-hybridized carbons (Fsp3) is 0.333. The molecule has 0 aliphatic rings. The van der Waals surface area contributed by atoms with E-state index in [0.29, 0.717) is 11.3 Å². The van der Waals surface area contributed by atoms with E-state index in [1.807, 2.05) is 13.8 Å². The number of amides is 1. The lowest BCUT2D eigenvalue weighted by atomic mass is 10.2. The highest BCUT2D eigenvalue weighted by atomic mass is 16.5. The summed E-state index contributed by atoms with van der Waals surface area (Å²) in [5, 5.41) is 0.750. The van der Waals surface area contributed by atoms with Crippen molar-refractivity contribution in [2.24, 2.45) is 0 Å². The van der Waals surface area contributed by atoms with Gasteiger partial charge in [-0.25, -0.2) is 0 Å². The largest absolute Gasteiger partial charge is 0.468 e. The Bertz CT molecular complexity index is 675. The molecule has 1 amide bonds. The zero-order chi connectivity index (χ0) is 15.6. The molecular weight excluding hydrogens is 272 g/mol. The van der Waals surface area contributed by atoms with Crippen LogP contribution in [0.25, 0.3) is 11.0 Å². The zero-order valence-corrected chi connectivity index (χ0v) is 12.3. The molecule has 6 heteroatoms. The molecule has 0 saturated heterocycles.